The van der Waals surface area contributed by atoms with Crippen LogP contribution in [0.15, 0.2) is 42.5 Å². The summed E-state index contributed by atoms with van der Waals surface area (Å²) in [6, 6.07) is 13.9. The molecule has 2 aliphatic rings. The third-order valence-corrected chi connectivity index (χ3v) is 5.91. The summed E-state index contributed by atoms with van der Waals surface area (Å²) in [4.78, 5) is 14.7. The Kier molecular flexibility index (Phi) is 4.42. The van der Waals surface area contributed by atoms with E-state index in [2.05, 4.69) is 46.7 Å². The summed E-state index contributed by atoms with van der Waals surface area (Å²) in [6.07, 6.45) is 1.12. The van der Waals surface area contributed by atoms with Crippen LogP contribution < -0.4 is 9.47 Å². The van der Waals surface area contributed by atoms with Crippen molar-refractivity contribution in [2.75, 3.05) is 13.2 Å². The molecule has 0 N–H and O–H groups in total. The molecule has 2 aromatic carbocycles. The highest BCUT2D eigenvalue weighted by Gasteiger charge is 2.46. The number of carbonyl (C=O) groups excluding carboxylic acids is 1. The fraction of sp³-hybridized carbons (Fsp3) is 0.364. The number of hydrogen-bond donors (Lipinski definition) is 0. The molecule has 0 bridgehead atoms. The molecule has 30 heavy (non-hydrogen) atoms. The Morgan fingerprint density at radius 2 is 1.83 bits per heavy atom. The monoisotopic (exact) mass is 405 g/mol. The molecular weight excluding hydrogens is 382 g/mol. The van der Waals surface area contributed by atoms with Gasteiger partial charge in [-0.15, -0.1) is 5.10 Å². The predicted octanol–water partition coefficient (Wildman–Crippen LogP) is 2.78. The van der Waals surface area contributed by atoms with Gasteiger partial charge in [0, 0.05) is 19.0 Å². The molecule has 1 unspecified atom stereocenters. The second-order valence-corrected chi connectivity index (χ2v) is 7.98. The highest BCUT2D eigenvalue weighted by molar-refractivity contribution is 5.79. The topological polar surface area (TPSA) is 82.4 Å². The molecule has 8 nitrogen and oxygen atoms in total. The van der Waals surface area contributed by atoms with Crippen molar-refractivity contribution in [3.05, 3.63) is 59.4 Å². The second-order valence-electron chi connectivity index (χ2n) is 7.98. The minimum Gasteiger partial charge on any atom is -0.486 e. The molecule has 1 amide bonds. The van der Waals surface area contributed by atoms with Crippen LogP contribution in [0.4, 0.5) is 0 Å². The Hall–Kier alpha value is -3.42. The third kappa shape index (κ3) is 3.08. The molecule has 1 fully saturated rings. The average molecular weight is 405 g/mol. The molecule has 5 rings (SSSR count). The number of aromatic nitrogens is 4. The van der Waals surface area contributed by atoms with Crippen LogP contribution in [-0.4, -0.2) is 44.2 Å². The predicted molar refractivity (Wildman–Crippen MR) is 108 cm³/mol. The number of hydrogen-bond acceptors (Lipinski definition) is 6. The van der Waals surface area contributed by atoms with Crippen LogP contribution >= 0.6 is 0 Å². The summed E-state index contributed by atoms with van der Waals surface area (Å²) < 4.78 is 13.0. The van der Waals surface area contributed by atoms with E-state index < -0.39 is 5.54 Å². The zero-order valence-electron chi connectivity index (χ0n) is 17.0. The van der Waals surface area contributed by atoms with Crippen LogP contribution in [0.3, 0.4) is 0 Å². The number of rotatable bonds is 4. The highest BCUT2D eigenvalue weighted by Crippen LogP contribution is 2.40. The lowest BCUT2D eigenvalue weighted by Gasteiger charge is -2.34. The van der Waals surface area contributed by atoms with Crippen molar-refractivity contribution in [2.45, 2.75) is 38.8 Å². The number of aryl methyl sites for hydroxylation is 1. The molecule has 8 heteroatoms. The van der Waals surface area contributed by atoms with Gasteiger partial charge < -0.3 is 14.4 Å². The number of carbonyl (C=O) groups is 1. The van der Waals surface area contributed by atoms with E-state index in [4.69, 9.17) is 9.47 Å². The molecule has 1 atom stereocenters. The molecule has 3 aromatic rings. The Morgan fingerprint density at radius 3 is 2.63 bits per heavy atom. The van der Waals surface area contributed by atoms with E-state index in [1.165, 1.54) is 5.56 Å². The minimum atomic E-state index is -0.612. The van der Waals surface area contributed by atoms with Gasteiger partial charge in [-0.2, -0.15) is 4.68 Å². The maximum Gasteiger partial charge on any atom is 0.223 e. The van der Waals surface area contributed by atoms with Gasteiger partial charge in [-0.05, 0) is 48.4 Å². The average Bonchev–Trinajstić information content (AvgIpc) is 3.37. The summed E-state index contributed by atoms with van der Waals surface area (Å²) in [6.45, 7) is 5.65. The summed E-state index contributed by atoms with van der Waals surface area (Å²) in [5.41, 5.74) is 2.44. The fourth-order valence-electron chi connectivity index (χ4n) is 4.13. The maximum absolute atomic E-state index is 12.8. The number of nitrogens with zero attached hydrogens (tertiary/aromatic N) is 5. The summed E-state index contributed by atoms with van der Waals surface area (Å²) in [5, 5.41) is 12.5. The molecule has 2 aliphatic heterocycles. The van der Waals surface area contributed by atoms with E-state index >= 15 is 0 Å². The van der Waals surface area contributed by atoms with Crippen molar-refractivity contribution >= 4 is 5.91 Å². The maximum atomic E-state index is 12.8. The minimum absolute atomic E-state index is 0.106. The van der Waals surface area contributed by atoms with E-state index in [1.54, 1.807) is 4.68 Å². The highest BCUT2D eigenvalue weighted by atomic mass is 16.6. The lowest BCUT2D eigenvalue weighted by Crippen LogP contribution is -2.42. The molecule has 154 valence electrons. The van der Waals surface area contributed by atoms with Crippen molar-refractivity contribution in [3.8, 4) is 17.2 Å². The zero-order valence-corrected chi connectivity index (χ0v) is 17.0. The molecular formula is C22H23N5O3. The Balaban J connectivity index is 1.51. The van der Waals surface area contributed by atoms with Gasteiger partial charge in [-0.1, -0.05) is 29.8 Å². The Labute approximate surface area is 174 Å². The fourth-order valence-corrected chi connectivity index (χ4v) is 4.13. The lowest BCUT2D eigenvalue weighted by atomic mass is 9.97. The molecule has 0 saturated carbocycles. The first kappa shape index (κ1) is 18.6. The van der Waals surface area contributed by atoms with Crippen molar-refractivity contribution in [1.82, 2.24) is 25.1 Å². The van der Waals surface area contributed by atoms with Gasteiger partial charge in [0.25, 0.3) is 0 Å². The van der Waals surface area contributed by atoms with Crippen molar-refractivity contribution in [2.24, 2.45) is 0 Å². The Bertz CT molecular complexity index is 1090. The van der Waals surface area contributed by atoms with Crippen LogP contribution in [-0.2, 0) is 16.9 Å². The van der Waals surface area contributed by atoms with Crippen molar-refractivity contribution in [1.29, 1.82) is 0 Å². The van der Waals surface area contributed by atoms with Gasteiger partial charge in [0.2, 0.25) is 5.91 Å². The number of ether oxygens (including phenoxy) is 2. The quantitative estimate of drug-likeness (QED) is 0.664. The van der Waals surface area contributed by atoms with Crippen LogP contribution in [0.1, 0.15) is 36.7 Å². The summed E-state index contributed by atoms with van der Waals surface area (Å²) in [7, 11) is 0. The number of likely N-dealkylation sites (tertiary alicyclic amines) is 1. The molecule has 3 heterocycles. The standard InChI is InChI=1S/C22H23N5O3/c1-15-3-5-16(6-4-15)14-26-20(28)9-10-22(26,2)21-23-24-25-27(21)17-7-8-18-19(13-17)30-12-11-29-18/h3-8,13H,9-12,14H2,1-2H3. The lowest BCUT2D eigenvalue weighted by molar-refractivity contribution is -0.132. The van der Waals surface area contributed by atoms with Gasteiger partial charge in [0.05, 0.1) is 5.69 Å². The van der Waals surface area contributed by atoms with Crippen LogP contribution in [0.2, 0.25) is 0 Å². The van der Waals surface area contributed by atoms with Gasteiger partial charge in [0.15, 0.2) is 17.3 Å². The van der Waals surface area contributed by atoms with E-state index in [-0.39, 0.29) is 5.91 Å². The number of benzene rings is 2. The second kappa shape index (κ2) is 7.12. The smallest absolute Gasteiger partial charge is 0.223 e. The molecule has 1 saturated heterocycles. The van der Waals surface area contributed by atoms with E-state index in [9.17, 15) is 4.79 Å². The zero-order chi connectivity index (χ0) is 20.7. The first-order valence-electron chi connectivity index (χ1n) is 10.1. The van der Waals surface area contributed by atoms with E-state index in [0.29, 0.717) is 49.9 Å². The van der Waals surface area contributed by atoms with Crippen molar-refractivity contribution in [3.63, 3.8) is 0 Å². The SMILES string of the molecule is Cc1ccc(CN2C(=O)CCC2(C)c2nnnn2-c2ccc3c(c2)OCCO3)cc1. The number of fused-ring (bicyclic) bond motifs is 1. The molecule has 0 aliphatic carbocycles. The number of tetrazole rings is 1. The van der Waals surface area contributed by atoms with Crippen molar-refractivity contribution < 1.29 is 14.3 Å². The van der Waals surface area contributed by atoms with Gasteiger partial charge in [-0.3, -0.25) is 4.79 Å². The normalized spacial score (nSPS) is 20.6. The number of amides is 1. The first-order valence-corrected chi connectivity index (χ1v) is 10.1. The van der Waals surface area contributed by atoms with Gasteiger partial charge in [0.1, 0.15) is 18.8 Å². The molecule has 0 radical (unpaired) electrons. The third-order valence-electron chi connectivity index (χ3n) is 5.91. The van der Waals surface area contributed by atoms with E-state index in [0.717, 1.165) is 11.3 Å². The van der Waals surface area contributed by atoms with E-state index in [1.807, 2.05) is 30.0 Å². The summed E-state index contributed by atoms with van der Waals surface area (Å²) >= 11 is 0. The molecule has 1 aromatic heterocycles. The molecule has 0 spiro atoms. The Morgan fingerprint density at radius 1 is 1.07 bits per heavy atom. The largest absolute Gasteiger partial charge is 0.486 e. The van der Waals surface area contributed by atoms with Gasteiger partial charge in [-0.25, -0.2) is 0 Å². The first-order chi connectivity index (χ1) is 14.5. The van der Waals surface area contributed by atoms with Crippen LogP contribution in [0.5, 0.6) is 11.5 Å². The van der Waals surface area contributed by atoms with Gasteiger partial charge >= 0.3 is 0 Å². The summed E-state index contributed by atoms with van der Waals surface area (Å²) in [5.74, 6) is 2.12. The van der Waals surface area contributed by atoms with Crippen LogP contribution in [0, 0.1) is 6.92 Å². The van der Waals surface area contributed by atoms with Crippen LogP contribution in [0.25, 0.3) is 5.69 Å².